The van der Waals surface area contributed by atoms with Crippen LogP contribution in [-0.4, -0.2) is 19.1 Å². The molecule has 0 bridgehead atoms. The summed E-state index contributed by atoms with van der Waals surface area (Å²) in [5.74, 6) is -0.0607. The molecule has 0 amide bonds. The normalized spacial score (nSPS) is 11.4. The van der Waals surface area contributed by atoms with Crippen LogP contribution in [0.2, 0.25) is 0 Å². The molecule has 0 radical (unpaired) electrons. The van der Waals surface area contributed by atoms with Gasteiger partial charge in [-0.15, -0.1) is 0 Å². The fraction of sp³-hybridized carbons (Fsp3) is 0.880. The number of hydrogen-bond acceptors (Lipinski definition) is 3. The molecule has 2 N–H and O–H groups in total. The van der Waals surface area contributed by atoms with Gasteiger partial charge in [0.25, 0.3) is 0 Å². The lowest BCUT2D eigenvalue weighted by Gasteiger charge is -2.04. The Hall–Kier alpha value is -0.830. The van der Waals surface area contributed by atoms with Gasteiger partial charge in [-0.1, -0.05) is 96.1 Å². The van der Waals surface area contributed by atoms with Gasteiger partial charge in [0.1, 0.15) is 0 Å². The van der Waals surface area contributed by atoms with E-state index in [2.05, 4.69) is 19.1 Å². The van der Waals surface area contributed by atoms with Crippen LogP contribution >= 0.6 is 0 Å². The number of rotatable bonds is 22. The second-order valence-corrected chi connectivity index (χ2v) is 8.11. The average molecular weight is 396 g/mol. The predicted molar refractivity (Wildman–Crippen MR) is 123 cm³/mol. The summed E-state index contributed by atoms with van der Waals surface area (Å²) in [4.78, 5) is 11.4. The zero-order valence-electron chi connectivity index (χ0n) is 18.9. The molecule has 0 aromatic heterocycles. The molecule has 166 valence electrons. The number of carbonyl (C=O) groups is 1. The van der Waals surface area contributed by atoms with Crippen LogP contribution in [0.1, 0.15) is 129 Å². The number of esters is 1. The van der Waals surface area contributed by atoms with Crippen molar-refractivity contribution in [3.05, 3.63) is 12.2 Å². The number of hydrogen-bond donors (Lipinski definition) is 1. The molecule has 0 saturated carbocycles. The van der Waals surface area contributed by atoms with Crippen molar-refractivity contribution in [2.75, 3.05) is 13.2 Å². The Morgan fingerprint density at radius 1 is 0.679 bits per heavy atom. The van der Waals surface area contributed by atoms with Gasteiger partial charge in [0.05, 0.1) is 6.61 Å². The van der Waals surface area contributed by atoms with E-state index in [9.17, 15) is 4.79 Å². The molecule has 0 atom stereocenters. The molecular formula is C25H49NO2. The molecule has 3 nitrogen and oxygen atoms in total. The maximum atomic E-state index is 11.4. The average Bonchev–Trinajstić information content (AvgIpc) is 2.70. The molecule has 0 aliphatic rings. The van der Waals surface area contributed by atoms with E-state index in [1.165, 1.54) is 96.3 Å². The third-order valence-electron chi connectivity index (χ3n) is 5.25. The fourth-order valence-corrected chi connectivity index (χ4v) is 3.39. The number of ether oxygens (including phenoxy) is 1. The molecule has 0 aromatic rings. The van der Waals surface area contributed by atoms with E-state index in [1.807, 2.05) is 0 Å². The summed E-state index contributed by atoms with van der Waals surface area (Å²) in [6.07, 6.45) is 28.5. The first-order valence-corrected chi connectivity index (χ1v) is 12.3. The number of allylic oxidation sites excluding steroid dienone is 2. The van der Waals surface area contributed by atoms with Gasteiger partial charge >= 0.3 is 5.97 Å². The van der Waals surface area contributed by atoms with Gasteiger partial charge in [0.15, 0.2) is 0 Å². The molecule has 0 heterocycles. The molecule has 0 unspecified atom stereocenters. The van der Waals surface area contributed by atoms with Crippen LogP contribution < -0.4 is 5.73 Å². The summed E-state index contributed by atoms with van der Waals surface area (Å²) < 4.78 is 5.10. The topological polar surface area (TPSA) is 52.3 Å². The van der Waals surface area contributed by atoms with Gasteiger partial charge in [0.2, 0.25) is 0 Å². The van der Waals surface area contributed by atoms with Gasteiger partial charge in [-0.05, 0) is 45.1 Å². The lowest BCUT2D eigenvalue weighted by molar-refractivity contribution is -0.143. The molecule has 0 aromatic carbocycles. The summed E-state index contributed by atoms with van der Waals surface area (Å²) in [5, 5.41) is 0. The number of carbonyl (C=O) groups excluding carboxylic acids is 1. The Labute approximate surface area is 175 Å². The van der Waals surface area contributed by atoms with E-state index < -0.39 is 0 Å². The second-order valence-electron chi connectivity index (χ2n) is 8.11. The smallest absolute Gasteiger partial charge is 0.305 e. The van der Waals surface area contributed by atoms with Crippen LogP contribution in [0.4, 0.5) is 0 Å². The van der Waals surface area contributed by atoms with Gasteiger partial charge in [-0.3, -0.25) is 4.79 Å². The van der Waals surface area contributed by atoms with E-state index >= 15 is 0 Å². The lowest BCUT2D eigenvalue weighted by Crippen LogP contribution is -2.09. The van der Waals surface area contributed by atoms with Crippen LogP contribution in [0.15, 0.2) is 12.2 Å². The van der Waals surface area contributed by atoms with Crippen LogP contribution in [0.3, 0.4) is 0 Å². The Balaban J connectivity index is 3.13. The highest BCUT2D eigenvalue weighted by molar-refractivity contribution is 5.69. The van der Waals surface area contributed by atoms with Crippen molar-refractivity contribution >= 4 is 5.97 Å². The summed E-state index contributed by atoms with van der Waals surface area (Å²) in [5.41, 5.74) is 5.37. The van der Waals surface area contributed by atoms with Crippen molar-refractivity contribution < 1.29 is 9.53 Å². The van der Waals surface area contributed by atoms with Crippen molar-refractivity contribution in [2.45, 2.75) is 129 Å². The van der Waals surface area contributed by atoms with Crippen LogP contribution in [0.5, 0.6) is 0 Å². The molecular weight excluding hydrogens is 346 g/mol. The molecule has 28 heavy (non-hydrogen) atoms. The molecule has 0 saturated heterocycles. The van der Waals surface area contributed by atoms with Gasteiger partial charge < -0.3 is 10.5 Å². The van der Waals surface area contributed by atoms with E-state index in [1.54, 1.807) is 0 Å². The van der Waals surface area contributed by atoms with Crippen molar-refractivity contribution in [1.29, 1.82) is 0 Å². The molecule has 0 spiro atoms. The zero-order chi connectivity index (χ0) is 20.5. The Morgan fingerprint density at radius 2 is 1.14 bits per heavy atom. The highest BCUT2D eigenvalue weighted by Crippen LogP contribution is 2.12. The van der Waals surface area contributed by atoms with Crippen molar-refractivity contribution in [2.24, 2.45) is 5.73 Å². The quantitative estimate of drug-likeness (QED) is 0.117. The molecule has 0 aliphatic heterocycles. The fourth-order valence-electron chi connectivity index (χ4n) is 3.39. The highest BCUT2D eigenvalue weighted by Gasteiger charge is 2.01. The molecule has 3 heteroatoms. The second kappa shape index (κ2) is 24.2. The van der Waals surface area contributed by atoms with Gasteiger partial charge in [0, 0.05) is 6.42 Å². The van der Waals surface area contributed by atoms with Crippen molar-refractivity contribution in [3.63, 3.8) is 0 Å². The first kappa shape index (κ1) is 27.2. The lowest BCUT2D eigenvalue weighted by atomic mass is 10.1. The minimum absolute atomic E-state index is 0.0607. The largest absolute Gasteiger partial charge is 0.466 e. The minimum Gasteiger partial charge on any atom is -0.466 e. The third-order valence-corrected chi connectivity index (χ3v) is 5.25. The molecule has 0 rings (SSSR count). The van der Waals surface area contributed by atoms with E-state index in [0.717, 1.165) is 19.3 Å². The number of nitrogens with two attached hydrogens (primary N) is 1. The number of unbranched alkanes of at least 4 members (excludes halogenated alkanes) is 15. The molecule has 0 aliphatic carbocycles. The third kappa shape index (κ3) is 23.2. The van der Waals surface area contributed by atoms with Crippen LogP contribution in [0.25, 0.3) is 0 Å². The van der Waals surface area contributed by atoms with E-state index in [0.29, 0.717) is 19.6 Å². The summed E-state index contributed by atoms with van der Waals surface area (Å²) in [6.45, 7) is 3.34. The van der Waals surface area contributed by atoms with E-state index in [4.69, 9.17) is 10.5 Å². The van der Waals surface area contributed by atoms with Crippen molar-refractivity contribution in [1.82, 2.24) is 0 Å². The maximum absolute atomic E-state index is 11.4. The summed E-state index contributed by atoms with van der Waals surface area (Å²) in [6, 6.07) is 0. The zero-order valence-corrected chi connectivity index (χ0v) is 18.9. The SMILES string of the molecule is CCCCCCCC/C=C\CCCCCCCCCCCC(=O)OCCCN. The van der Waals surface area contributed by atoms with Crippen LogP contribution in [0, 0.1) is 0 Å². The predicted octanol–water partition coefficient (Wildman–Crippen LogP) is 7.48. The summed E-state index contributed by atoms with van der Waals surface area (Å²) in [7, 11) is 0. The Morgan fingerprint density at radius 3 is 1.64 bits per heavy atom. The van der Waals surface area contributed by atoms with Crippen LogP contribution in [-0.2, 0) is 9.53 Å². The molecule has 0 fully saturated rings. The first-order chi connectivity index (χ1) is 13.8. The monoisotopic (exact) mass is 395 g/mol. The minimum atomic E-state index is -0.0607. The van der Waals surface area contributed by atoms with Crippen molar-refractivity contribution in [3.8, 4) is 0 Å². The maximum Gasteiger partial charge on any atom is 0.305 e. The Bertz CT molecular complexity index is 341. The Kier molecular flexibility index (Phi) is 23.5. The summed E-state index contributed by atoms with van der Waals surface area (Å²) >= 11 is 0. The first-order valence-electron chi connectivity index (χ1n) is 12.3. The van der Waals surface area contributed by atoms with Gasteiger partial charge in [-0.2, -0.15) is 0 Å². The van der Waals surface area contributed by atoms with Gasteiger partial charge in [-0.25, -0.2) is 0 Å². The highest BCUT2D eigenvalue weighted by atomic mass is 16.5. The standard InChI is InChI=1S/C25H49NO2/c1-2-3-4-5-6-7-8-9-10-11-12-13-14-15-16-17-18-19-20-22-25(27)28-24-21-23-26/h9-10H,2-8,11-24,26H2,1H3/b10-9-. The van der Waals surface area contributed by atoms with E-state index in [-0.39, 0.29) is 5.97 Å².